The van der Waals surface area contributed by atoms with Gasteiger partial charge in [-0.25, -0.2) is 4.79 Å². The van der Waals surface area contributed by atoms with Crippen molar-refractivity contribution in [1.29, 1.82) is 0 Å². The fourth-order valence-electron chi connectivity index (χ4n) is 4.12. The van der Waals surface area contributed by atoms with Crippen LogP contribution < -0.4 is 16.0 Å². The molecule has 1 heterocycles. The van der Waals surface area contributed by atoms with Gasteiger partial charge in [0.05, 0.1) is 0 Å². The molecule has 0 aromatic rings. The van der Waals surface area contributed by atoms with Gasteiger partial charge in [-0.2, -0.15) is 0 Å². The van der Waals surface area contributed by atoms with Gasteiger partial charge in [0.1, 0.15) is 5.54 Å². The maximum absolute atomic E-state index is 12.4. The zero-order valence-electron chi connectivity index (χ0n) is 17.7. The molecule has 2 aliphatic rings. The molecule has 154 valence electrons. The van der Waals surface area contributed by atoms with Gasteiger partial charge in [-0.1, -0.05) is 27.2 Å². The fraction of sp³-hybridized carbons (Fsp3) is 0.850. The highest BCUT2D eigenvalue weighted by molar-refractivity contribution is 6.06. The number of carbonyl (C=O) groups excluding carboxylic acids is 2. The molecule has 0 aromatic carbocycles. The van der Waals surface area contributed by atoms with Crippen LogP contribution in [0.15, 0.2) is 4.99 Å². The van der Waals surface area contributed by atoms with Crippen molar-refractivity contribution in [3.63, 3.8) is 0 Å². The van der Waals surface area contributed by atoms with Crippen LogP contribution in [0.25, 0.3) is 0 Å². The van der Waals surface area contributed by atoms with Crippen LogP contribution in [-0.2, 0) is 4.79 Å². The number of rotatable bonds is 9. The Bertz CT molecular complexity index is 571. The molecule has 0 spiro atoms. The Balaban J connectivity index is 1.72. The van der Waals surface area contributed by atoms with Crippen LogP contribution in [0.2, 0.25) is 0 Å². The smallest absolute Gasteiger partial charge is 0.325 e. The molecule has 1 saturated heterocycles. The Morgan fingerprint density at radius 1 is 1.30 bits per heavy atom. The van der Waals surface area contributed by atoms with Crippen LogP contribution in [0.3, 0.4) is 0 Å². The van der Waals surface area contributed by atoms with E-state index in [0.29, 0.717) is 37.3 Å². The monoisotopic (exact) mass is 379 g/mol. The molecule has 2 fully saturated rings. The van der Waals surface area contributed by atoms with E-state index in [1.165, 1.54) is 30.6 Å². The van der Waals surface area contributed by atoms with Gasteiger partial charge in [0, 0.05) is 26.7 Å². The molecular weight excluding hydrogens is 342 g/mol. The minimum Gasteiger partial charge on any atom is -0.356 e. The quantitative estimate of drug-likeness (QED) is 0.249. The van der Waals surface area contributed by atoms with Crippen LogP contribution in [0.5, 0.6) is 0 Å². The van der Waals surface area contributed by atoms with Crippen molar-refractivity contribution in [3.05, 3.63) is 0 Å². The highest BCUT2D eigenvalue weighted by Crippen LogP contribution is 2.45. The molecule has 3 N–H and O–H groups in total. The van der Waals surface area contributed by atoms with Gasteiger partial charge in [-0.05, 0) is 50.4 Å². The summed E-state index contributed by atoms with van der Waals surface area (Å²) in [6, 6.07) is -0.285. The number of hydrogen-bond donors (Lipinski definition) is 3. The van der Waals surface area contributed by atoms with Crippen molar-refractivity contribution in [2.24, 2.45) is 16.3 Å². The highest BCUT2D eigenvalue weighted by Gasteiger charge is 2.46. The molecule has 0 radical (unpaired) electrons. The molecule has 7 heteroatoms. The topological polar surface area (TPSA) is 85.8 Å². The number of hydrogen-bond acceptors (Lipinski definition) is 3. The number of carbonyl (C=O) groups is 2. The van der Waals surface area contributed by atoms with Crippen LogP contribution in [0, 0.1) is 11.3 Å². The molecule has 27 heavy (non-hydrogen) atoms. The van der Waals surface area contributed by atoms with Crippen molar-refractivity contribution in [2.45, 2.75) is 71.8 Å². The molecule has 1 saturated carbocycles. The van der Waals surface area contributed by atoms with Gasteiger partial charge in [0.15, 0.2) is 5.96 Å². The van der Waals surface area contributed by atoms with E-state index in [2.05, 4.69) is 34.8 Å². The summed E-state index contributed by atoms with van der Waals surface area (Å²) in [5.74, 6) is 1.37. The van der Waals surface area contributed by atoms with Gasteiger partial charge < -0.3 is 16.0 Å². The molecule has 1 atom stereocenters. The standard InChI is InChI=1S/C20H37N5O2/c1-6-19(4)16(26)25(18(27)24-19)12-8-11-22-17(21-5)23-14-20(9-7-10-20)13-15(2)3/h15H,6-14H2,1-5H3,(H,24,27)(H2,21,22,23). The lowest BCUT2D eigenvalue weighted by Gasteiger charge is -2.43. The first-order valence-corrected chi connectivity index (χ1v) is 10.3. The highest BCUT2D eigenvalue weighted by atomic mass is 16.2. The second kappa shape index (κ2) is 8.93. The zero-order valence-corrected chi connectivity index (χ0v) is 17.7. The maximum Gasteiger partial charge on any atom is 0.325 e. The minimum absolute atomic E-state index is 0.127. The lowest BCUT2D eigenvalue weighted by atomic mass is 9.64. The molecule has 2 rings (SSSR count). The van der Waals surface area contributed by atoms with Gasteiger partial charge in [-0.3, -0.25) is 14.7 Å². The van der Waals surface area contributed by atoms with Crippen molar-refractivity contribution < 1.29 is 9.59 Å². The first-order valence-electron chi connectivity index (χ1n) is 10.3. The van der Waals surface area contributed by atoms with Gasteiger partial charge in [0.2, 0.25) is 0 Å². The van der Waals surface area contributed by atoms with E-state index in [0.717, 1.165) is 12.5 Å². The maximum atomic E-state index is 12.4. The van der Waals surface area contributed by atoms with Crippen molar-refractivity contribution in [2.75, 3.05) is 26.7 Å². The summed E-state index contributed by atoms with van der Waals surface area (Å²) >= 11 is 0. The molecule has 1 aliphatic carbocycles. The van der Waals surface area contributed by atoms with Gasteiger partial charge >= 0.3 is 6.03 Å². The lowest BCUT2D eigenvalue weighted by Crippen LogP contribution is -2.47. The van der Waals surface area contributed by atoms with E-state index >= 15 is 0 Å². The average molecular weight is 380 g/mol. The van der Waals surface area contributed by atoms with E-state index in [1.807, 2.05) is 6.92 Å². The summed E-state index contributed by atoms with van der Waals surface area (Å²) in [5.41, 5.74) is -0.341. The SMILES string of the molecule is CCC1(C)NC(=O)N(CCCNC(=NC)NCC2(CC(C)C)CCC2)C1=O. The Morgan fingerprint density at radius 2 is 2.00 bits per heavy atom. The first kappa shape index (κ1) is 21.5. The molecule has 1 aliphatic heterocycles. The van der Waals surface area contributed by atoms with E-state index in [1.54, 1.807) is 14.0 Å². The second-order valence-electron chi connectivity index (χ2n) is 8.73. The summed E-state index contributed by atoms with van der Waals surface area (Å²) in [6.45, 7) is 10.3. The van der Waals surface area contributed by atoms with Crippen LogP contribution >= 0.6 is 0 Å². The Hall–Kier alpha value is -1.79. The second-order valence-corrected chi connectivity index (χ2v) is 8.73. The summed E-state index contributed by atoms with van der Waals surface area (Å²) in [4.78, 5) is 30.0. The third-order valence-electron chi connectivity index (χ3n) is 6.01. The van der Waals surface area contributed by atoms with Crippen LogP contribution in [0.4, 0.5) is 4.79 Å². The third-order valence-corrected chi connectivity index (χ3v) is 6.01. The predicted octanol–water partition coefficient (Wildman–Crippen LogP) is 2.48. The third kappa shape index (κ3) is 5.14. The fourth-order valence-corrected chi connectivity index (χ4v) is 4.12. The summed E-state index contributed by atoms with van der Waals surface area (Å²) in [5, 5.41) is 9.55. The average Bonchev–Trinajstić information content (AvgIpc) is 2.81. The molecule has 1 unspecified atom stereocenters. The molecule has 0 bridgehead atoms. The number of nitrogens with one attached hydrogen (secondary N) is 3. The van der Waals surface area contributed by atoms with Gasteiger partial charge in [0.25, 0.3) is 5.91 Å². The van der Waals surface area contributed by atoms with Crippen molar-refractivity contribution in [3.8, 4) is 0 Å². The van der Waals surface area contributed by atoms with E-state index in [-0.39, 0.29) is 11.9 Å². The van der Waals surface area contributed by atoms with Gasteiger partial charge in [-0.15, -0.1) is 0 Å². The summed E-state index contributed by atoms with van der Waals surface area (Å²) in [7, 11) is 1.77. The lowest BCUT2D eigenvalue weighted by molar-refractivity contribution is -0.130. The molecule has 0 aromatic heterocycles. The van der Waals surface area contributed by atoms with Crippen LogP contribution in [-0.4, -0.2) is 55.0 Å². The Labute approximate surface area is 163 Å². The first-order chi connectivity index (χ1) is 12.7. The minimum atomic E-state index is -0.754. The Morgan fingerprint density at radius 3 is 2.48 bits per heavy atom. The number of aliphatic imine (C=N–C) groups is 1. The number of imide groups is 1. The summed E-state index contributed by atoms with van der Waals surface area (Å²) < 4.78 is 0. The molecular formula is C20H37N5O2. The molecule has 7 nitrogen and oxygen atoms in total. The molecule has 3 amide bonds. The van der Waals surface area contributed by atoms with Crippen LogP contribution in [0.1, 0.15) is 66.2 Å². The predicted molar refractivity (Wildman–Crippen MR) is 109 cm³/mol. The van der Waals surface area contributed by atoms with Crippen molar-refractivity contribution >= 4 is 17.9 Å². The Kier molecular flexibility index (Phi) is 7.12. The number of amides is 3. The summed E-state index contributed by atoms with van der Waals surface area (Å²) in [6.07, 6.45) is 6.44. The number of urea groups is 1. The zero-order chi connectivity index (χ0) is 20.1. The van der Waals surface area contributed by atoms with E-state index < -0.39 is 5.54 Å². The number of nitrogens with zero attached hydrogens (tertiary/aromatic N) is 2. The van der Waals surface area contributed by atoms with E-state index in [9.17, 15) is 9.59 Å². The normalized spacial score (nSPS) is 24.8. The van der Waals surface area contributed by atoms with Crippen molar-refractivity contribution in [1.82, 2.24) is 20.9 Å². The number of guanidine groups is 1. The van der Waals surface area contributed by atoms with E-state index in [4.69, 9.17) is 0 Å². The largest absolute Gasteiger partial charge is 0.356 e.